The molecule has 0 aliphatic carbocycles. The Balaban J connectivity index is 1.98. The summed E-state index contributed by atoms with van der Waals surface area (Å²) >= 11 is 2.15. The SMILES string of the molecule is O=c1c2cc(I)ccc2ncn1Cc1ccc([N+](=O)[O-])cc1. The monoisotopic (exact) mass is 407 g/mol. The van der Waals surface area contributed by atoms with E-state index >= 15 is 0 Å². The minimum atomic E-state index is -0.449. The summed E-state index contributed by atoms with van der Waals surface area (Å²) in [4.78, 5) is 26.9. The van der Waals surface area contributed by atoms with Crippen molar-refractivity contribution >= 4 is 39.2 Å². The van der Waals surface area contributed by atoms with Crippen LogP contribution < -0.4 is 5.56 Å². The highest BCUT2D eigenvalue weighted by Gasteiger charge is 2.07. The maximum Gasteiger partial charge on any atom is 0.269 e. The van der Waals surface area contributed by atoms with Gasteiger partial charge in [0.05, 0.1) is 28.7 Å². The Kier molecular flexibility index (Phi) is 3.88. The minimum Gasteiger partial charge on any atom is -0.294 e. The molecule has 0 amide bonds. The molecule has 3 rings (SSSR count). The van der Waals surface area contributed by atoms with Crippen LogP contribution in [0, 0.1) is 13.7 Å². The molecule has 1 heterocycles. The largest absolute Gasteiger partial charge is 0.294 e. The zero-order valence-electron chi connectivity index (χ0n) is 11.3. The molecule has 0 fully saturated rings. The lowest BCUT2D eigenvalue weighted by Crippen LogP contribution is -2.21. The van der Waals surface area contributed by atoms with Crippen LogP contribution in [0.1, 0.15) is 5.56 Å². The van der Waals surface area contributed by atoms with Crippen LogP contribution in [-0.4, -0.2) is 14.5 Å². The predicted molar refractivity (Wildman–Crippen MR) is 90.9 cm³/mol. The lowest BCUT2D eigenvalue weighted by atomic mass is 10.2. The van der Waals surface area contributed by atoms with E-state index in [4.69, 9.17) is 0 Å². The Morgan fingerprint density at radius 1 is 1.18 bits per heavy atom. The van der Waals surface area contributed by atoms with E-state index < -0.39 is 4.92 Å². The van der Waals surface area contributed by atoms with Crippen LogP contribution in [-0.2, 0) is 6.54 Å². The fraction of sp³-hybridized carbons (Fsp3) is 0.0667. The predicted octanol–water partition coefficient (Wildman–Crippen LogP) is 2.96. The van der Waals surface area contributed by atoms with Crippen molar-refractivity contribution in [2.75, 3.05) is 0 Å². The van der Waals surface area contributed by atoms with Crippen LogP contribution in [0.5, 0.6) is 0 Å². The van der Waals surface area contributed by atoms with Crippen molar-refractivity contribution in [3.05, 3.63) is 78.4 Å². The minimum absolute atomic E-state index is 0.0299. The van der Waals surface area contributed by atoms with E-state index in [1.165, 1.54) is 23.0 Å². The number of non-ortho nitro benzene ring substituents is 1. The first-order valence-electron chi connectivity index (χ1n) is 6.42. The van der Waals surface area contributed by atoms with E-state index in [9.17, 15) is 14.9 Å². The lowest BCUT2D eigenvalue weighted by molar-refractivity contribution is -0.384. The molecule has 0 bridgehead atoms. The van der Waals surface area contributed by atoms with Gasteiger partial charge in [0.2, 0.25) is 0 Å². The Hall–Kier alpha value is -2.29. The first kappa shape index (κ1) is 14.6. The van der Waals surface area contributed by atoms with Crippen molar-refractivity contribution in [3.63, 3.8) is 0 Å². The third-order valence-electron chi connectivity index (χ3n) is 3.29. The van der Waals surface area contributed by atoms with Gasteiger partial charge in [0.25, 0.3) is 11.2 Å². The van der Waals surface area contributed by atoms with Crippen molar-refractivity contribution in [2.45, 2.75) is 6.54 Å². The van der Waals surface area contributed by atoms with E-state index in [1.54, 1.807) is 18.2 Å². The summed E-state index contributed by atoms with van der Waals surface area (Å²) in [6.07, 6.45) is 1.50. The summed E-state index contributed by atoms with van der Waals surface area (Å²) in [7, 11) is 0. The van der Waals surface area contributed by atoms with Crippen molar-refractivity contribution < 1.29 is 4.92 Å². The van der Waals surface area contributed by atoms with E-state index in [-0.39, 0.29) is 11.2 Å². The van der Waals surface area contributed by atoms with Gasteiger partial charge in [0, 0.05) is 15.7 Å². The molecule has 3 aromatic rings. The van der Waals surface area contributed by atoms with Crippen LogP contribution in [0.25, 0.3) is 10.9 Å². The molecule has 7 heteroatoms. The van der Waals surface area contributed by atoms with Gasteiger partial charge in [0.15, 0.2) is 0 Å². The van der Waals surface area contributed by atoms with Crippen LogP contribution in [0.3, 0.4) is 0 Å². The third-order valence-corrected chi connectivity index (χ3v) is 3.96. The van der Waals surface area contributed by atoms with Crippen molar-refractivity contribution in [3.8, 4) is 0 Å². The number of nitro benzene ring substituents is 1. The van der Waals surface area contributed by atoms with Gasteiger partial charge >= 0.3 is 0 Å². The summed E-state index contributed by atoms with van der Waals surface area (Å²) in [6.45, 7) is 0.325. The zero-order valence-corrected chi connectivity index (χ0v) is 13.4. The second-order valence-corrected chi connectivity index (χ2v) is 6.01. The van der Waals surface area contributed by atoms with Crippen molar-refractivity contribution in [1.29, 1.82) is 0 Å². The number of fused-ring (bicyclic) bond motifs is 1. The van der Waals surface area contributed by atoms with Gasteiger partial charge in [-0.25, -0.2) is 4.98 Å². The fourth-order valence-corrected chi connectivity index (χ4v) is 2.65. The molecule has 0 N–H and O–H groups in total. The molecule has 0 unspecified atom stereocenters. The molecule has 2 aromatic carbocycles. The molecule has 0 radical (unpaired) electrons. The molecule has 0 aliphatic heterocycles. The summed E-state index contributed by atoms with van der Waals surface area (Å²) < 4.78 is 2.47. The van der Waals surface area contributed by atoms with E-state index in [0.29, 0.717) is 17.4 Å². The molecule has 1 aromatic heterocycles. The maximum absolute atomic E-state index is 12.5. The summed E-state index contributed by atoms with van der Waals surface area (Å²) in [6, 6.07) is 11.7. The first-order chi connectivity index (χ1) is 10.5. The van der Waals surface area contributed by atoms with Gasteiger partial charge in [-0.1, -0.05) is 12.1 Å². The number of benzene rings is 2. The molecule has 0 saturated heterocycles. The Morgan fingerprint density at radius 3 is 2.59 bits per heavy atom. The number of nitrogens with zero attached hydrogens (tertiary/aromatic N) is 3. The van der Waals surface area contributed by atoms with Gasteiger partial charge in [-0.3, -0.25) is 19.5 Å². The Labute approximate surface area is 138 Å². The standard InChI is InChI=1S/C15H10IN3O3/c16-11-3-6-14-13(7-11)15(20)18(9-17-14)8-10-1-4-12(5-2-10)19(21)22/h1-7,9H,8H2. The number of aromatic nitrogens is 2. The Bertz CT molecular complexity index is 919. The average Bonchev–Trinajstić information content (AvgIpc) is 2.51. The summed E-state index contributed by atoms with van der Waals surface area (Å²) in [5, 5.41) is 11.2. The van der Waals surface area contributed by atoms with Gasteiger partial charge in [0.1, 0.15) is 0 Å². The lowest BCUT2D eigenvalue weighted by Gasteiger charge is -2.07. The summed E-state index contributed by atoms with van der Waals surface area (Å²) in [5.41, 5.74) is 1.37. The van der Waals surface area contributed by atoms with Crippen LogP contribution >= 0.6 is 22.6 Å². The second-order valence-electron chi connectivity index (χ2n) is 4.76. The van der Waals surface area contributed by atoms with Crippen molar-refractivity contribution in [1.82, 2.24) is 9.55 Å². The van der Waals surface area contributed by atoms with Crippen LogP contribution in [0.15, 0.2) is 53.6 Å². The highest BCUT2D eigenvalue weighted by molar-refractivity contribution is 14.1. The van der Waals surface area contributed by atoms with Crippen LogP contribution in [0.4, 0.5) is 5.69 Å². The highest BCUT2D eigenvalue weighted by atomic mass is 127. The number of nitro groups is 1. The van der Waals surface area contributed by atoms with E-state index in [0.717, 1.165) is 9.13 Å². The average molecular weight is 407 g/mol. The molecule has 0 aliphatic rings. The van der Waals surface area contributed by atoms with Gasteiger partial charge in [-0.2, -0.15) is 0 Å². The van der Waals surface area contributed by atoms with Crippen molar-refractivity contribution in [2.24, 2.45) is 0 Å². The molecular weight excluding hydrogens is 397 g/mol. The number of halogens is 1. The second kappa shape index (κ2) is 5.84. The molecule has 110 valence electrons. The Morgan fingerprint density at radius 2 is 1.91 bits per heavy atom. The molecule has 22 heavy (non-hydrogen) atoms. The fourth-order valence-electron chi connectivity index (χ4n) is 2.16. The van der Waals surface area contributed by atoms with E-state index in [2.05, 4.69) is 27.6 Å². The van der Waals surface area contributed by atoms with E-state index in [1.807, 2.05) is 12.1 Å². The molecule has 0 saturated carbocycles. The highest BCUT2D eigenvalue weighted by Crippen LogP contribution is 2.14. The normalized spacial score (nSPS) is 10.8. The quantitative estimate of drug-likeness (QED) is 0.380. The van der Waals surface area contributed by atoms with Crippen LogP contribution in [0.2, 0.25) is 0 Å². The summed E-state index contributed by atoms with van der Waals surface area (Å²) in [5.74, 6) is 0. The molecule has 0 spiro atoms. The third kappa shape index (κ3) is 2.84. The molecular formula is C15H10IN3O3. The molecule has 0 atom stereocenters. The number of rotatable bonds is 3. The number of hydrogen-bond donors (Lipinski definition) is 0. The zero-order chi connectivity index (χ0) is 15.7. The van der Waals surface area contributed by atoms with Gasteiger partial charge < -0.3 is 0 Å². The topological polar surface area (TPSA) is 78.0 Å². The van der Waals surface area contributed by atoms with Gasteiger partial charge in [-0.05, 0) is 46.4 Å². The first-order valence-corrected chi connectivity index (χ1v) is 7.50. The number of hydrogen-bond acceptors (Lipinski definition) is 4. The van der Waals surface area contributed by atoms with Gasteiger partial charge in [-0.15, -0.1) is 0 Å². The molecule has 6 nitrogen and oxygen atoms in total. The maximum atomic E-state index is 12.5. The smallest absolute Gasteiger partial charge is 0.269 e.